The van der Waals surface area contributed by atoms with Crippen molar-refractivity contribution in [3.05, 3.63) is 12.3 Å². The van der Waals surface area contributed by atoms with E-state index in [1.165, 1.54) is 6.42 Å². The second kappa shape index (κ2) is 6.54. The van der Waals surface area contributed by atoms with Gasteiger partial charge in [-0.1, -0.05) is 13.3 Å². The van der Waals surface area contributed by atoms with Gasteiger partial charge in [0.15, 0.2) is 0 Å². The summed E-state index contributed by atoms with van der Waals surface area (Å²) in [6.07, 6.45) is 6.96. The molecule has 1 heterocycles. The normalized spacial score (nSPS) is 23.7. The second-order valence-corrected chi connectivity index (χ2v) is 4.63. The highest BCUT2D eigenvalue weighted by Crippen LogP contribution is 2.21. The molecule has 0 amide bonds. The Bertz CT molecular complexity index is 373. The van der Waals surface area contributed by atoms with Gasteiger partial charge in [0.2, 0.25) is 5.88 Å². The van der Waals surface area contributed by atoms with Crippen molar-refractivity contribution in [3.8, 4) is 11.9 Å². The predicted molar refractivity (Wildman–Crippen MR) is 68.7 cm³/mol. The fraction of sp³-hybridized carbons (Fsp3) is 0.692. The van der Waals surface area contributed by atoms with Crippen LogP contribution >= 0.6 is 0 Å². The average molecular weight is 251 g/mol. The lowest BCUT2D eigenvalue weighted by atomic mass is 9.93. The van der Waals surface area contributed by atoms with Crippen LogP contribution < -0.4 is 15.2 Å². The summed E-state index contributed by atoms with van der Waals surface area (Å²) >= 11 is 0. The van der Waals surface area contributed by atoms with Crippen molar-refractivity contribution in [2.24, 2.45) is 5.73 Å². The molecule has 1 aliphatic rings. The summed E-state index contributed by atoms with van der Waals surface area (Å²) in [6, 6.07) is 2.19. The number of aromatic nitrogens is 2. The number of hydrogen-bond donors (Lipinski definition) is 1. The Hall–Kier alpha value is -1.36. The van der Waals surface area contributed by atoms with Crippen molar-refractivity contribution < 1.29 is 9.47 Å². The first-order chi connectivity index (χ1) is 8.79. The van der Waals surface area contributed by atoms with Gasteiger partial charge in [0.1, 0.15) is 6.10 Å². The van der Waals surface area contributed by atoms with Crippen LogP contribution in [0.25, 0.3) is 0 Å². The zero-order valence-electron chi connectivity index (χ0n) is 10.8. The molecule has 0 aromatic carbocycles. The lowest BCUT2D eigenvalue weighted by Gasteiger charge is -2.28. The van der Waals surface area contributed by atoms with Gasteiger partial charge in [-0.2, -0.15) is 4.98 Å². The first kappa shape index (κ1) is 13.1. The van der Waals surface area contributed by atoms with Gasteiger partial charge < -0.3 is 15.2 Å². The molecular formula is C13H21N3O2. The van der Waals surface area contributed by atoms with Gasteiger partial charge in [-0.25, -0.2) is 4.98 Å². The van der Waals surface area contributed by atoms with Crippen molar-refractivity contribution in [3.63, 3.8) is 0 Å². The first-order valence-corrected chi connectivity index (χ1v) is 6.67. The minimum atomic E-state index is 0.0279. The Morgan fingerprint density at radius 3 is 3.00 bits per heavy atom. The number of rotatable bonds is 5. The highest BCUT2D eigenvalue weighted by molar-refractivity contribution is 5.11. The molecule has 2 rings (SSSR count). The summed E-state index contributed by atoms with van der Waals surface area (Å²) in [5, 5.41) is 0. The molecule has 2 unspecified atom stereocenters. The molecule has 1 saturated carbocycles. The largest absolute Gasteiger partial charge is 0.478 e. The smallest absolute Gasteiger partial charge is 0.320 e. The zero-order valence-corrected chi connectivity index (χ0v) is 10.8. The molecule has 18 heavy (non-hydrogen) atoms. The van der Waals surface area contributed by atoms with Gasteiger partial charge in [-0.3, -0.25) is 0 Å². The number of nitrogens with zero attached hydrogens (tertiary/aromatic N) is 2. The zero-order chi connectivity index (χ0) is 12.8. The lowest BCUT2D eigenvalue weighted by Crippen LogP contribution is -2.41. The Morgan fingerprint density at radius 1 is 1.39 bits per heavy atom. The summed E-state index contributed by atoms with van der Waals surface area (Å²) in [7, 11) is 0. The highest BCUT2D eigenvalue weighted by atomic mass is 16.5. The fourth-order valence-electron chi connectivity index (χ4n) is 2.08. The van der Waals surface area contributed by atoms with Gasteiger partial charge in [-0.15, -0.1) is 0 Å². The van der Waals surface area contributed by atoms with E-state index in [-0.39, 0.29) is 12.1 Å². The third-order valence-corrected chi connectivity index (χ3v) is 3.07. The third-order valence-electron chi connectivity index (χ3n) is 3.07. The molecule has 0 saturated heterocycles. The van der Waals surface area contributed by atoms with Crippen molar-refractivity contribution in [2.45, 2.75) is 51.2 Å². The second-order valence-electron chi connectivity index (χ2n) is 4.63. The monoisotopic (exact) mass is 251 g/mol. The molecule has 1 fully saturated rings. The van der Waals surface area contributed by atoms with Gasteiger partial charge in [0.25, 0.3) is 0 Å². The van der Waals surface area contributed by atoms with Crippen LogP contribution in [0.3, 0.4) is 0 Å². The van der Waals surface area contributed by atoms with Crippen molar-refractivity contribution >= 4 is 0 Å². The fourth-order valence-corrected chi connectivity index (χ4v) is 2.08. The molecule has 5 heteroatoms. The summed E-state index contributed by atoms with van der Waals surface area (Å²) in [6.45, 7) is 2.71. The van der Waals surface area contributed by atoms with Gasteiger partial charge in [-0.05, 0) is 25.7 Å². The molecule has 0 spiro atoms. The Morgan fingerprint density at radius 2 is 2.22 bits per heavy atom. The van der Waals surface area contributed by atoms with E-state index >= 15 is 0 Å². The highest BCUT2D eigenvalue weighted by Gasteiger charge is 2.24. The van der Waals surface area contributed by atoms with Crippen LogP contribution in [0.4, 0.5) is 0 Å². The molecule has 0 radical (unpaired) electrons. The van der Waals surface area contributed by atoms with E-state index in [1.54, 1.807) is 12.3 Å². The Kier molecular flexibility index (Phi) is 4.75. The molecule has 1 aromatic rings. The minimum Gasteiger partial charge on any atom is -0.478 e. The number of ether oxygens (including phenoxy) is 2. The Balaban J connectivity index is 1.95. The van der Waals surface area contributed by atoms with E-state index in [1.807, 2.05) is 0 Å². The van der Waals surface area contributed by atoms with E-state index in [2.05, 4.69) is 16.9 Å². The van der Waals surface area contributed by atoms with Crippen LogP contribution in [0.1, 0.15) is 39.0 Å². The minimum absolute atomic E-state index is 0.0279. The molecule has 2 N–H and O–H groups in total. The van der Waals surface area contributed by atoms with Crippen LogP contribution in [0.5, 0.6) is 11.9 Å². The number of nitrogens with two attached hydrogens (primary N) is 1. The van der Waals surface area contributed by atoms with Gasteiger partial charge in [0.05, 0.1) is 6.61 Å². The van der Waals surface area contributed by atoms with E-state index in [9.17, 15) is 0 Å². The van der Waals surface area contributed by atoms with Crippen molar-refractivity contribution in [1.82, 2.24) is 9.97 Å². The summed E-state index contributed by atoms with van der Waals surface area (Å²) < 4.78 is 11.2. The molecule has 0 aliphatic heterocycles. The van der Waals surface area contributed by atoms with Gasteiger partial charge in [0, 0.05) is 18.3 Å². The van der Waals surface area contributed by atoms with E-state index in [0.29, 0.717) is 18.5 Å². The van der Waals surface area contributed by atoms with Crippen molar-refractivity contribution in [1.29, 1.82) is 0 Å². The SMILES string of the molecule is CCCOc1ccnc(OC2CCCCC2N)n1. The molecular weight excluding hydrogens is 230 g/mol. The van der Waals surface area contributed by atoms with Crippen LogP contribution in [0, 0.1) is 0 Å². The molecule has 1 aromatic heterocycles. The molecule has 0 bridgehead atoms. The van der Waals surface area contributed by atoms with E-state index < -0.39 is 0 Å². The van der Waals surface area contributed by atoms with E-state index in [4.69, 9.17) is 15.2 Å². The lowest BCUT2D eigenvalue weighted by molar-refractivity contribution is 0.119. The van der Waals surface area contributed by atoms with Gasteiger partial charge >= 0.3 is 6.01 Å². The quantitative estimate of drug-likeness (QED) is 0.865. The average Bonchev–Trinajstić information content (AvgIpc) is 2.40. The van der Waals surface area contributed by atoms with Crippen molar-refractivity contribution in [2.75, 3.05) is 6.61 Å². The van der Waals surface area contributed by atoms with Crippen LogP contribution in [-0.2, 0) is 0 Å². The van der Waals surface area contributed by atoms with Crippen LogP contribution in [-0.4, -0.2) is 28.7 Å². The topological polar surface area (TPSA) is 70.3 Å². The molecule has 100 valence electrons. The summed E-state index contributed by atoms with van der Waals surface area (Å²) in [5.74, 6) is 0.561. The summed E-state index contributed by atoms with van der Waals surface area (Å²) in [4.78, 5) is 8.33. The molecule has 5 nitrogen and oxygen atoms in total. The maximum Gasteiger partial charge on any atom is 0.320 e. The Labute approximate surface area is 108 Å². The molecule has 2 atom stereocenters. The van der Waals surface area contributed by atoms with Crippen LogP contribution in [0.2, 0.25) is 0 Å². The standard InChI is InChI=1S/C13H21N3O2/c1-2-9-17-12-7-8-15-13(16-12)18-11-6-4-3-5-10(11)14/h7-8,10-11H,2-6,9,14H2,1H3. The number of hydrogen-bond acceptors (Lipinski definition) is 5. The predicted octanol–water partition coefficient (Wildman–Crippen LogP) is 1.91. The summed E-state index contributed by atoms with van der Waals surface area (Å²) in [5.41, 5.74) is 6.03. The van der Waals surface area contributed by atoms with Crippen LogP contribution in [0.15, 0.2) is 12.3 Å². The maximum atomic E-state index is 6.03. The molecule has 1 aliphatic carbocycles. The maximum absolute atomic E-state index is 6.03. The third kappa shape index (κ3) is 3.57. The first-order valence-electron chi connectivity index (χ1n) is 6.67. The van der Waals surface area contributed by atoms with E-state index in [0.717, 1.165) is 25.7 Å².